The number of amides is 2. The average Bonchev–Trinajstić information content (AvgIpc) is 2.73. The maximum absolute atomic E-state index is 12.4. The predicted octanol–water partition coefficient (Wildman–Crippen LogP) is 3.68. The third-order valence-electron chi connectivity index (χ3n) is 4.67. The van der Waals surface area contributed by atoms with Crippen LogP contribution in [0.2, 0.25) is 0 Å². The first-order chi connectivity index (χ1) is 13.2. The molecule has 0 bridgehead atoms. The van der Waals surface area contributed by atoms with Crippen LogP contribution in [0.25, 0.3) is 0 Å². The number of anilines is 1. The van der Waals surface area contributed by atoms with Crippen molar-refractivity contribution < 1.29 is 19.1 Å². The van der Waals surface area contributed by atoms with Crippen molar-refractivity contribution in [3.05, 3.63) is 60.2 Å². The molecule has 3 rings (SSSR count). The second kappa shape index (κ2) is 9.07. The highest BCUT2D eigenvalue weighted by atomic mass is 16.5. The van der Waals surface area contributed by atoms with Gasteiger partial charge in [0.1, 0.15) is 12.4 Å². The Kier molecular flexibility index (Phi) is 6.30. The standard InChI is InChI=1S/C21H24N2O4/c1-26-21(25)23-13-11-17(12-14-23)20(24)22-18-7-9-19(10-8-18)27-15-16-5-3-2-4-6-16/h2-10,17H,11-15H2,1H3,(H,22,24). The summed E-state index contributed by atoms with van der Waals surface area (Å²) in [5, 5.41) is 2.94. The Morgan fingerprint density at radius 2 is 1.70 bits per heavy atom. The van der Waals surface area contributed by atoms with Gasteiger partial charge in [-0.2, -0.15) is 0 Å². The lowest BCUT2D eigenvalue weighted by Gasteiger charge is -2.30. The number of ether oxygens (including phenoxy) is 2. The second-order valence-electron chi connectivity index (χ2n) is 6.52. The molecule has 0 saturated carbocycles. The van der Waals surface area contributed by atoms with Crippen molar-refractivity contribution in [3.8, 4) is 5.75 Å². The number of carbonyl (C=O) groups is 2. The van der Waals surface area contributed by atoms with Crippen LogP contribution in [0.4, 0.5) is 10.5 Å². The normalized spacial score (nSPS) is 14.5. The number of likely N-dealkylation sites (tertiary alicyclic amines) is 1. The monoisotopic (exact) mass is 368 g/mol. The average molecular weight is 368 g/mol. The van der Waals surface area contributed by atoms with Crippen LogP contribution in [0.5, 0.6) is 5.75 Å². The number of hydrogen-bond acceptors (Lipinski definition) is 4. The Balaban J connectivity index is 1.47. The molecule has 0 atom stereocenters. The van der Waals surface area contributed by atoms with Gasteiger partial charge in [0.2, 0.25) is 5.91 Å². The Morgan fingerprint density at radius 1 is 1.04 bits per heavy atom. The Bertz CT molecular complexity index is 754. The van der Waals surface area contributed by atoms with Gasteiger partial charge in [0, 0.05) is 24.7 Å². The molecule has 6 heteroatoms. The Morgan fingerprint density at radius 3 is 2.33 bits per heavy atom. The largest absolute Gasteiger partial charge is 0.489 e. The molecule has 0 spiro atoms. The van der Waals surface area contributed by atoms with Crippen molar-refractivity contribution in [3.63, 3.8) is 0 Å². The SMILES string of the molecule is COC(=O)N1CCC(C(=O)Nc2ccc(OCc3ccccc3)cc2)CC1. The fraction of sp³-hybridized carbons (Fsp3) is 0.333. The third kappa shape index (κ3) is 5.23. The molecular weight excluding hydrogens is 344 g/mol. The zero-order valence-electron chi connectivity index (χ0n) is 15.4. The molecule has 1 heterocycles. The van der Waals surface area contributed by atoms with Gasteiger partial charge in [-0.1, -0.05) is 30.3 Å². The van der Waals surface area contributed by atoms with E-state index in [1.165, 1.54) is 7.11 Å². The zero-order valence-corrected chi connectivity index (χ0v) is 15.4. The number of hydrogen-bond donors (Lipinski definition) is 1. The van der Waals surface area contributed by atoms with Gasteiger partial charge in [-0.15, -0.1) is 0 Å². The summed E-state index contributed by atoms with van der Waals surface area (Å²) in [6.45, 7) is 1.58. The summed E-state index contributed by atoms with van der Waals surface area (Å²) in [7, 11) is 1.37. The van der Waals surface area contributed by atoms with E-state index in [1.54, 1.807) is 4.90 Å². The van der Waals surface area contributed by atoms with E-state index in [1.807, 2.05) is 54.6 Å². The first kappa shape index (κ1) is 18.8. The highest BCUT2D eigenvalue weighted by Crippen LogP contribution is 2.22. The Labute approximate surface area is 159 Å². The molecule has 0 aliphatic carbocycles. The van der Waals surface area contributed by atoms with Crippen molar-refractivity contribution in [2.75, 3.05) is 25.5 Å². The summed E-state index contributed by atoms with van der Waals surface area (Å²) in [5.74, 6) is 0.639. The van der Waals surface area contributed by atoms with E-state index in [9.17, 15) is 9.59 Å². The fourth-order valence-electron chi connectivity index (χ4n) is 3.07. The summed E-state index contributed by atoms with van der Waals surface area (Å²) in [6.07, 6.45) is 0.943. The summed E-state index contributed by atoms with van der Waals surface area (Å²) < 4.78 is 10.5. The van der Waals surface area contributed by atoms with Crippen LogP contribution < -0.4 is 10.1 Å². The number of nitrogens with zero attached hydrogens (tertiary/aromatic N) is 1. The van der Waals surface area contributed by atoms with Crippen molar-refractivity contribution in [1.29, 1.82) is 0 Å². The van der Waals surface area contributed by atoms with Gasteiger partial charge in [-0.25, -0.2) is 4.79 Å². The maximum atomic E-state index is 12.4. The molecule has 0 radical (unpaired) electrons. The smallest absolute Gasteiger partial charge is 0.409 e. The van der Waals surface area contributed by atoms with E-state index < -0.39 is 0 Å². The first-order valence-electron chi connectivity index (χ1n) is 9.06. The minimum absolute atomic E-state index is 0.0162. The number of piperidine rings is 1. The molecule has 2 aromatic carbocycles. The lowest BCUT2D eigenvalue weighted by Crippen LogP contribution is -2.41. The fourth-order valence-corrected chi connectivity index (χ4v) is 3.07. The van der Waals surface area contributed by atoms with Crippen molar-refractivity contribution in [2.24, 2.45) is 5.92 Å². The van der Waals surface area contributed by atoms with Crippen LogP contribution in [0, 0.1) is 5.92 Å². The summed E-state index contributed by atoms with van der Waals surface area (Å²) in [5.41, 5.74) is 1.84. The Hall–Kier alpha value is -3.02. The third-order valence-corrected chi connectivity index (χ3v) is 4.67. The molecule has 1 aliphatic rings. The van der Waals surface area contributed by atoms with Gasteiger partial charge in [-0.3, -0.25) is 4.79 Å². The molecule has 1 N–H and O–H groups in total. The molecule has 1 fully saturated rings. The lowest BCUT2D eigenvalue weighted by atomic mass is 9.96. The number of benzene rings is 2. The van der Waals surface area contributed by atoms with Crippen molar-refractivity contribution in [2.45, 2.75) is 19.4 Å². The van der Waals surface area contributed by atoms with Crippen LogP contribution in [0.3, 0.4) is 0 Å². The van der Waals surface area contributed by atoms with Crippen LogP contribution in [-0.2, 0) is 16.1 Å². The molecule has 1 aliphatic heterocycles. The van der Waals surface area contributed by atoms with E-state index in [2.05, 4.69) is 5.32 Å². The van der Waals surface area contributed by atoms with Gasteiger partial charge in [-0.05, 0) is 42.7 Å². The van der Waals surface area contributed by atoms with Crippen LogP contribution in [0.1, 0.15) is 18.4 Å². The van der Waals surface area contributed by atoms with Crippen LogP contribution >= 0.6 is 0 Å². The number of rotatable bonds is 5. The van der Waals surface area contributed by atoms with Gasteiger partial charge in [0.15, 0.2) is 0 Å². The van der Waals surface area contributed by atoms with Gasteiger partial charge in [0.05, 0.1) is 7.11 Å². The minimum atomic E-state index is -0.333. The predicted molar refractivity (Wildman–Crippen MR) is 103 cm³/mol. The van der Waals surface area contributed by atoms with Crippen LogP contribution in [-0.4, -0.2) is 37.1 Å². The lowest BCUT2D eigenvalue weighted by molar-refractivity contribution is -0.121. The quantitative estimate of drug-likeness (QED) is 0.874. The maximum Gasteiger partial charge on any atom is 0.409 e. The molecule has 0 aromatic heterocycles. The first-order valence-corrected chi connectivity index (χ1v) is 9.06. The number of carbonyl (C=O) groups excluding carboxylic acids is 2. The van der Waals surface area contributed by atoms with Gasteiger partial charge >= 0.3 is 6.09 Å². The molecule has 2 aromatic rings. The number of nitrogens with one attached hydrogen (secondary N) is 1. The summed E-state index contributed by atoms with van der Waals surface area (Å²) in [6, 6.07) is 17.3. The van der Waals surface area contributed by atoms with E-state index >= 15 is 0 Å². The van der Waals surface area contributed by atoms with Crippen LogP contribution in [0.15, 0.2) is 54.6 Å². The van der Waals surface area contributed by atoms with E-state index in [0.29, 0.717) is 32.5 Å². The molecule has 1 saturated heterocycles. The number of methoxy groups -OCH3 is 1. The summed E-state index contributed by atoms with van der Waals surface area (Å²) in [4.78, 5) is 25.6. The summed E-state index contributed by atoms with van der Waals surface area (Å²) >= 11 is 0. The minimum Gasteiger partial charge on any atom is -0.489 e. The highest BCUT2D eigenvalue weighted by Gasteiger charge is 2.27. The zero-order chi connectivity index (χ0) is 19.1. The topological polar surface area (TPSA) is 67.9 Å². The molecule has 6 nitrogen and oxygen atoms in total. The molecule has 2 amide bonds. The van der Waals surface area contributed by atoms with Gasteiger partial charge < -0.3 is 19.7 Å². The van der Waals surface area contributed by atoms with E-state index in [0.717, 1.165) is 17.0 Å². The molecule has 0 unspecified atom stereocenters. The van der Waals surface area contributed by atoms with Crippen molar-refractivity contribution in [1.82, 2.24) is 4.90 Å². The van der Waals surface area contributed by atoms with Gasteiger partial charge in [0.25, 0.3) is 0 Å². The van der Waals surface area contributed by atoms with E-state index in [4.69, 9.17) is 9.47 Å². The molecular formula is C21H24N2O4. The molecule has 142 valence electrons. The highest BCUT2D eigenvalue weighted by molar-refractivity contribution is 5.92. The van der Waals surface area contributed by atoms with E-state index in [-0.39, 0.29) is 17.9 Å². The van der Waals surface area contributed by atoms with Crippen molar-refractivity contribution >= 4 is 17.7 Å². The molecule has 27 heavy (non-hydrogen) atoms. The second-order valence-corrected chi connectivity index (χ2v) is 6.52.